The largest absolute Gasteiger partial charge is 0.618 e. The monoisotopic (exact) mass is 316 g/mol. The summed E-state index contributed by atoms with van der Waals surface area (Å²) in [5.41, 5.74) is 3.53. The van der Waals surface area contributed by atoms with Crippen molar-refractivity contribution >= 4 is 17.7 Å². The molecule has 1 heterocycles. The standard InChI is InChI=1S/C17H20N2O2S/c1-12-7-8-15(10-13(12)2)14(3)18-16(20)11-22-17-6-4-5-9-19(17)21/h4-10,14H,11H2,1-3H3,(H,18,20). The number of amides is 1. The first-order valence-corrected chi connectivity index (χ1v) is 8.13. The summed E-state index contributed by atoms with van der Waals surface area (Å²) in [4.78, 5) is 12.0. The third-order valence-corrected chi connectivity index (χ3v) is 4.57. The highest BCUT2D eigenvalue weighted by Gasteiger charge is 2.13. The van der Waals surface area contributed by atoms with Crippen LogP contribution in [0.3, 0.4) is 0 Å². The van der Waals surface area contributed by atoms with E-state index in [0.29, 0.717) is 5.03 Å². The molecule has 0 saturated heterocycles. The van der Waals surface area contributed by atoms with Crippen LogP contribution in [0.15, 0.2) is 47.6 Å². The molecule has 5 heteroatoms. The summed E-state index contributed by atoms with van der Waals surface area (Å²) in [6.45, 7) is 6.09. The van der Waals surface area contributed by atoms with Gasteiger partial charge in [0, 0.05) is 12.1 Å². The average Bonchev–Trinajstić information content (AvgIpc) is 2.49. The zero-order chi connectivity index (χ0) is 16.1. The second-order valence-corrected chi connectivity index (χ2v) is 6.28. The number of carbonyl (C=O) groups is 1. The Labute approximate surface area is 135 Å². The van der Waals surface area contributed by atoms with Gasteiger partial charge in [-0.1, -0.05) is 18.2 Å². The molecule has 1 aromatic heterocycles. The van der Waals surface area contributed by atoms with E-state index in [1.165, 1.54) is 29.1 Å². The zero-order valence-corrected chi connectivity index (χ0v) is 13.8. The van der Waals surface area contributed by atoms with Gasteiger partial charge in [0.1, 0.15) is 0 Å². The van der Waals surface area contributed by atoms with Crippen molar-refractivity contribution in [2.75, 3.05) is 5.75 Å². The molecule has 0 aliphatic carbocycles. The first kappa shape index (κ1) is 16.4. The Bertz CT molecular complexity index is 673. The minimum absolute atomic E-state index is 0.0532. The highest BCUT2D eigenvalue weighted by Crippen LogP contribution is 2.17. The van der Waals surface area contributed by atoms with Gasteiger partial charge in [-0.05, 0) is 55.3 Å². The van der Waals surface area contributed by atoms with Crippen molar-refractivity contribution in [3.05, 3.63) is 64.5 Å². The van der Waals surface area contributed by atoms with E-state index in [9.17, 15) is 10.0 Å². The number of nitrogens with zero attached hydrogens (tertiary/aromatic N) is 1. The van der Waals surface area contributed by atoms with Crippen LogP contribution in [-0.2, 0) is 4.79 Å². The third kappa shape index (κ3) is 4.24. The molecule has 22 heavy (non-hydrogen) atoms. The van der Waals surface area contributed by atoms with Crippen molar-refractivity contribution in [3.8, 4) is 0 Å². The number of thioether (sulfide) groups is 1. The Morgan fingerprint density at radius 2 is 2.05 bits per heavy atom. The number of aryl methyl sites for hydroxylation is 2. The summed E-state index contributed by atoms with van der Waals surface area (Å²) in [6.07, 6.45) is 1.43. The summed E-state index contributed by atoms with van der Waals surface area (Å²) in [7, 11) is 0. The van der Waals surface area contributed by atoms with Crippen LogP contribution in [0.5, 0.6) is 0 Å². The molecule has 2 rings (SSSR count). The molecule has 1 N–H and O–H groups in total. The predicted octanol–water partition coefficient (Wildman–Crippen LogP) is 2.91. The van der Waals surface area contributed by atoms with Crippen LogP contribution in [0.2, 0.25) is 0 Å². The number of nitrogens with one attached hydrogen (secondary N) is 1. The highest BCUT2D eigenvalue weighted by molar-refractivity contribution is 7.99. The number of aromatic nitrogens is 1. The lowest BCUT2D eigenvalue weighted by Crippen LogP contribution is -2.31. The van der Waals surface area contributed by atoms with Gasteiger partial charge in [-0.15, -0.1) is 0 Å². The number of benzene rings is 1. The normalized spacial score (nSPS) is 12.0. The minimum Gasteiger partial charge on any atom is -0.618 e. The van der Waals surface area contributed by atoms with E-state index < -0.39 is 0 Å². The predicted molar refractivity (Wildman–Crippen MR) is 88.6 cm³/mol. The van der Waals surface area contributed by atoms with Crippen LogP contribution in [0, 0.1) is 19.1 Å². The molecule has 2 aromatic rings. The maximum absolute atomic E-state index is 12.0. The Morgan fingerprint density at radius 3 is 2.73 bits per heavy atom. The fourth-order valence-electron chi connectivity index (χ4n) is 2.06. The average molecular weight is 316 g/mol. The smallest absolute Gasteiger partial charge is 0.251 e. The van der Waals surface area contributed by atoms with Gasteiger partial charge in [0.25, 0.3) is 5.03 Å². The first-order chi connectivity index (χ1) is 10.5. The van der Waals surface area contributed by atoms with E-state index in [1.54, 1.807) is 18.2 Å². The minimum atomic E-state index is -0.0837. The second-order valence-electron chi connectivity index (χ2n) is 5.29. The molecule has 116 valence electrons. The van der Waals surface area contributed by atoms with Gasteiger partial charge in [-0.2, -0.15) is 4.73 Å². The van der Waals surface area contributed by atoms with Crippen molar-refractivity contribution in [2.24, 2.45) is 0 Å². The number of pyridine rings is 1. The lowest BCUT2D eigenvalue weighted by atomic mass is 10.0. The topological polar surface area (TPSA) is 56.0 Å². The van der Waals surface area contributed by atoms with Gasteiger partial charge in [0.2, 0.25) is 5.91 Å². The molecule has 1 unspecified atom stereocenters. The molecule has 4 nitrogen and oxygen atoms in total. The van der Waals surface area contributed by atoms with Crippen LogP contribution in [-0.4, -0.2) is 11.7 Å². The van der Waals surface area contributed by atoms with Crippen LogP contribution in [0.1, 0.15) is 29.7 Å². The molecule has 0 radical (unpaired) electrons. The molecular formula is C17H20N2O2S. The molecule has 1 amide bonds. The number of carbonyl (C=O) groups excluding carboxylic acids is 1. The summed E-state index contributed by atoms with van der Waals surface area (Å²) in [6, 6.07) is 11.3. The third-order valence-electron chi connectivity index (χ3n) is 3.55. The molecule has 0 fully saturated rings. The molecule has 0 bridgehead atoms. The van der Waals surface area contributed by atoms with Gasteiger partial charge in [0.15, 0.2) is 6.20 Å². The van der Waals surface area contributed by atoms with Gasteiger partial charge in [0.05, 0.1) is 11.8 Å². The van der Waals surface area contributed by atoms with E-state index in [4.69, 9.17) is 0 Å². The SMILES string of the molecule is Cc1ccc(C(C)NC(=O)CSc2cccc[n+]2[O-])cc1C. The molecule has 0 spiro atoms. The summed E-state index contributed by atoms with van der Waals surface area (Å²) < 4.78 is 0.769. The Balaban J connectivity index is 1.91. The van der Waals surface area contributed by atoms with Gasteiger partial charge >= 0.3 is 0 Å². The van der Waals surface area contributed by atoms with Gasteiger partial charge in [-0.25, -0.2) is 0 Å². The van der Waals surface area contributed by atoms with Gasteiger partial charge < -0.3 is 10.5 Å². The Morgan fingerprint density at radius 1 is 1.27 bits per heavy atom. The molecule has 0 saturated carbocycles. The number of hydrogen-bond acceptors (Lipinski definition) is 3. The van der Waals surface area contributed by atoms with Crippen molar-refractivity contribution < 1.29 is 9.52 Å². The quantitative estimate of drug-likeness (QED) is 0.524. The zero-order valence-electron chi connectivity index (χ0n) is 13.0. The molecule has 1 aromatic carbocycles. The lowest BCUT2D eigenvalue weighted by molar-refractivity contribution is -0.645. The summed E-state index contributed by atoms with van der Waals surface area (Å²) in [5.74, 6) is 0.140. The maximum atomic E-state index is 12.0. The number of rotatable bonds is 5. The molecule has 0 aliphatic heterocycles. The lowest BCUT2D eigenvalue weighted by Gasteiger charge is -2.15. The summed E-state index contributed by atoms with van der Waals surface area (Å²) >= 11 is 1.24. The van der Waals surface area contributed by atoms with Crippen LogP contribution >= 0.6 is 11.8 Å². The fraction of sp³-hybridized carbons (Fsp3) is 0.294. The molecular weight excluding hydrogens is 296 g/mol. The summed E-state index contributed by atoms with van der Waals surface area (Å²) in [5, 5.41) is 15.0. The second kappa shape index (κ2) is 7.31. The highest BCUT2D eigenvalue weighted by atomic mass is 32.2. The number of hydrogen-bond donors (Lipinski definition) is 1. The van der Waals surface area contributed by atoms with E-state index in [-0.39, 0.29) is 17.7 Å². The molecule has 1 atom stereocenters. The molecule has 0 aliphatic rings. The van der Waals surface area contributed by atoms with E-state index in [2.05, 4.69) is 31.3 Å². The van der Waals surface area contributed by atoms with Crippen LogP contribution in [0.4, 0.5) is 0 Å². The van der Waals surface area contributed by atoms with E-state index in [1.807, 2.05) is 13.0 Å². The Kier molecular flexibility index (Phi) is 5.44. The van der Waals surface area contributed by atoms with Crippen LogP contribution in [0.25, 0.3) is 0 Å². The Hall–Kier alpha value is -2.01. The van der Waals surface area contributed by atoms with Gasteiger partial charge in [-0.3, -0.25) is 4.79 Å². The van der Waals surface area contributed by atoms with Crippen molar-refractivity contribution in [3.63, 3.8) is 0 Å². The van der Waals surface area contributed by atoms with Crippen molar-refractivity contribution in [2.45, 2.75) is 31.8 Å². The van der Waals surface area contributed by atoms with E-state index >= 15 is 0 Å². The van der Waals surface area contributed by atoms with Crippen molar-refractivity contribution in [1.82, 2.24) is 5.32 Å². The fourth-order valence-corrected chi connectivity index (χ4v) is 2.79. The first-order valence-electron chi connectivity index (χ1n) is 7.15. The van der Waals surface area contributed by atoms with Crippen molar-refractivity contribution in [1.29, 1.82) is 0 Å². The maximum Gasteiger partial charge on any atom is 0.251 e. The van der Waals surface area contributed by atoms with E-state index in [0.717, 1.165) is 10.3 Å². The van der Waals surface area contributed by atoms with Crippen LogP contribution < -0.4 is 10.0 Å².